The van der Waals surface area contributed by atoms with E-state index in [1.165, 1.54) is 29.9 Å². The third kappa shape index (κ3) is 6.72. The van der Waals surface area contributed by atoms with Gasteiger partial charge in [0.1, 0.15) is 23.9 Å². The van der Waals surface area contributed by atoms with Gasteiger partial charge in [-0.25, -0.2) is 19.3 Å². The summed E-state index contributed by atoms with van der Waals surface area (Å²) in [6.45, 7) is 3.75. The first-order valence-electron chi connectivity index (χ1n) is 13.5. The molecule has 12 heteroatoms. The second kappa shape index (κ2) is 13.2. The molecule has 1 fully saturated rings. The number of nitrogens with one attached hydrogen (secondary N) is 1. The van der Waals surface area contributed by atoms with Crippen LogP contribution in [0.5, 0.6) is 11.5 Å². The molecule has 0 spiro atoms. The van der Waals surface area contributed by atoms with Gasteiger partial charge in [-0.2, -0.15) is 0 Å². The zero-order valence-corrected chi connectivity index (χ0v) is 23.6. The highest BCUT2D eigenvalue weighted by Crippen LogP contribution is 2.37. The molecule has 0 radical (unpaired) electrons. The maximum Gasteiger partial charge on any atom is 0.230 e. The van der Waals surface area contributed by atoms with E-state index in [0.29, 0.717) is 50.8 Å². The molecule has 5 rings (SSSR count). The van der Waals surface area contributed by atoms with E-state index >= 15 is 0 Å². The third-order valence-corrected chi connectivity index (χ3v) is 8.27. The number of rotatable bonds is 12. The Labute approximate surface area is 241 Å². The number of aliphatic hydroxyl groups is 1. The van der Waals surface area contributed by atoms with Gasteiger partial charge in [0.05, 0.1) is 19.2 Å². The van der Waals surface area contributed by atoms with Crippen LogP contribution in [0.2, 0.25) is 0 Å². The summed E-state index contributed by atoms with van der Waals surface area (Å²) in [7, 11) is 1.58. The maximum atomic E-state index is 14.4. The first-order chi connectivity index (χ1) is 20.0. The second-order valence-electron chi connectivity index (χ2n) is 9.96. The van der Waals surface area contributed by atoms with Gasteiger partial charge in [0.15, 0.2) is 16.6 Å². The molecule has 2 aromatic heterocycles. The number of methoxy groups -OCH3 is 1. The molecule has 41 heavy (non-hydrogen) atoms. The van der Waals surface area contributed by atoms with E-state index < -0.39 is 17.6 Å². The summed E-state index contributed by atoms with van der Waals surface area (Å²) in [5, 5.41) is 13.7. The minimum atomic E-state index is -0.960. The highest BCUT2D eigenvalue weighted by molar-refractivity contribution is 7.15. The van der Waals surface area contributed by atoms with Crippen LogP contribution in [0.25, 0.3) is 10.9 Å². The molecule has 0 saturated carbocycles. The lowest BCUT2D eigenvalue weighted by atomic mass is 9.97. The number of aromatic nitrogens is 3. The van der Waals surface area contributed by atoms with Gasteiger partial charge in [-0.1, -0.05) is 18.2 Å². The van der Waals surface area contributed by atoms with Crippen LogP contribution in [-0.2, 0) is 4.79 Å². The van der Waals surface area contributed by atoms with Crippen molar-refractivity contribution in [2.75, 3.05) is 45.3 Å². The van der Waals surface area contributed by atoms with Gasteiger partial charge in [-0.05, 0) is 50.4 Å². The van der Waals surface area contributed by atoms with Crippen molar-refractivity contribution in [1.29, 1.82) is 0 Å². The number of hydrogen-bond donors (Lipinski definition) is 3. The Morgan fingerprint density at radius 1 is 1.22 bits per heavy atom. The number of carbonyl (C=O) groups excluding carboxylic acids is 1. The number of likely N-dealkylation sites (tertiary alicyclic amines) is 1. The Hall–Kier alpha value is -3.87. The highest BCUT2D eigenvalue weighted by Gasteiger charge is 2.26. The van der Waals surface area contributed by atoms with Gasteiger partial charge in [0.2, 0.25) is 5.91 Å². The van der Waals surface area contributed by atoms with E-state index in [9.17, 15) is 14.3 Å². The van der Waals surface area contributed by atoms with Crippen LogP contribution in [-0.4, -0.2) is 70.8 Å². The molecule has 0 bridgehead atoms. The summed E-state index contributed by atoms with van der Waals surface area (Å²) in [5.41, 5.74) is 6.49. The number of thiazole rings is 1. The number of nitrogens with two attached hydrogens (primary N) is 1. The lowest BCUT2D eigenvalue weighted by Gasteiger charge is -2.30. The number of amides is 1. The van der Waals surface area contributed by atoms with Gasteiger partial charge < -0.3 is 30.5 Å². The number of ether oxygens (including phenoxy) is 2. The number of carbonyl (C=O) groups is 1. The van der Waals surface area contributed by atoms with Crippen molar-refractivity contribution >= 4 is 39.1 Å². The lowest BCUT2D eigenvalue weighted by molar-refractivity contribution is -0.118. The van der Waals surface area contributed by atoms with Crippen LogP contribution in [0.15, 0.2) is 48.9 Å². The quantitative estimate of drug-likeness (QED) is 0.212. The molecule has 3 heterocycles. The first kappa shape index (κ1) is 28.7. The van der Waals surface area contributed by atoms with Crippen molar-refractivity contribution < 1.29 is 23.8 Å². The normalized spacial score (nSPS) is 15.1. The zero-order chi connectivity index (χ0) is 28.8. The highest BCUT2D eigenvalue weighted by atomic mass is 32.1. The number of hydrogen-bond acceptors (Lipinski definition) is 10. The Bertz CT molecular complexity index is 1490. The molecule has 4 N–H and O–H groups in total. The van der Waals surface area contributed by atoms with Crippen molar-refractivity contribution in [3.8, 4) is 11.5 Å². The van der Waals surface area contributed by atoms with Gasteiger partial charge in [0.25, 0.3) is 0 Å². The van der Waals surface area contributed by atoms with Gasteiger partial charge in [-0.3, -0.25) is 4.79 Å². The predicted octanol–water partition coefficient (Wildman–Crippen LogP) is 4.07. The molecule has 10 nitrogen and oxygen atoms in total. The van der Waals surface area contributed by atoms with E-state index in [0.717, 1.165) is 38.9 Å². The van der Waals surface area contributed by atoms with Gasteiger partial charge >= 0.3 is 0 Å². The van der Waals surface area contributed by atoms with E-state index in [-0.39, 0.29) is 12.2 Å². The molecule has 1 amide bonds. The number of halogens is 1. The molecule has 1 aliphatic heterocycles. The minimum Gasteiger partial charge on any atom is -0.493 e. The number of piperidine rings is 1. The predicted molar refractivity (Wildman–Crippen MR) is 155 cm³/mol. The average Bonchev–Trinajstić information content (AvgIpc) is 3.44. The zero-order valence-electron chi connectivity index (χ0n) is 22.8. The van der Waals surface area contributed by atoms with E-state index in [2.05, 4.69) is 25.2 Å². The summed E-state index contributed by atoms with van der Waals surface area (Å²) < 4.78 is 26.1. The fourth-order valence-corrected chi connectivity index (χ4v) is 5.98. The van der Waals surface area contributed by atoms with Gasteiger partial charge in [-0.15, -0.1) is 11.3 Å². The SMILES string of the molecule is COc1cc2c(Nc3ncc(C(C(N)=O)c4ccccc4F)s3)ncnc2cc1OCCCN1CCC(CO)CC1. The molecule has 216 valence electrons. The minimum absolute atomic E-state index is 0.200. The summed E-state index contributed by atoms with van der Waals surface area (Å²) in [6.07, 6.45) is 5.89. The van der Waals surface area contributed by atoms with Crippen LogP contribution >= 0.6 is 11.3 Å². The molecule has 0 aliphatic carbocycles. The summed E-state index contributed by atoms with van der Waals surface area (Å²) >= 11 is 1.19. The largest absolute Gasteiger partial charge is 0.493 e. The third-order valence-electron chi connectivity index (χ3n) is 7.30. The summed E-state index contributed by atoms with van der Waals surface area (Å²) in [5.74, 6) is -0.0711. The lowest BCUT2D eigenvalue weighted by Crippen LogP contribution is -2.35. The van der Waals surface area contributed by atoms with Gasteiger partial charge in [0, 0.05) is 41.2 Å². The van der Waals surface area contributed by atoms with Crippen LogP contribution in [0.4, 0.5) is 15.3 Å². The van der Waals surface area contributed by atoms with Crippen molar-refractivity contribution in [3.05, 3.63) is 65.2 Å². The molecule has 2 aromatic carbocycles. The topological polar surface area (TPSA) is 136 Å². The summed E-state index contributed by atoms with van der Waals surface area (Å²) in [6, 6.07) is 9.70. The monoisotopic (exact) mass is 580 g/mol. The van der Waals surface area contributed by atoms with Crippen LogP contribution in [0, 0.1) is 11.7 Å². The van der Waals surface area contributed by atoms with Crippen LogP contribution in [0.1, 0.15) is 35.6 Å². The van der Waals surface area contributed by atoms with E-state index in [1.807, 2.05) is 12.1 Å². The van der Waals surface area contributed by atoms with E-state index in [4.69, 9.17) is 15.2 Å². The maximum absolute atomic E-state index is 14.4. The van der Waals surface area contributed by atoms with Crippen molar-refractivity contribution in [2.45, 2.75) is 25.2 Å². The molecule has 1 unspecified atom stereocenters. The number of nitrogens with zero attached hydrogens (tertiary/aromatic N) is 4. The van der Waals surface area contributed by atoms with E-state index in [1.54, 1.807) is 25.3 Å². The Balaban J connectivity index is 1.28. The number of aliphatic hydroxyl groups excluding tert-OH is 1. The van der Waals surface area contributed by atoms with Crippen molar-refractivity contribution in [3.63, 3.8) is 0 Å². The fourth-order valence-electron chi connectivity index (χ4n) is 5.03. The average molecular weight is 581 g/mol. The van der Waals surface area contributed by atoms with Crippen molar-refractivity contribution in [1.82, 2.24) is 19.9 Å². The number of benzene rings is 2. The first-order valence-corrected chi connectivity index (χ1v) is 14.3. The van der Waals surface area contributed by atoms with Crippen LogP contribution in [0.3, 0.4) is 0 Å². The Morgan fingerprint density at radius 3 is 2.76 bits per heavy atom. The molecule has 1 atom stereocenters. The molecular formula is C29H33FN6O4S. The number of anilines is 2. The Kier molecular flexibility index (Phi) is 9.22. The number of fused-ring (bicyclic) bond motifs is 1. The summed E-state index contributed by atoms with van der Waals surface area (Å²) in [4.78, 5) is 28.3. The Morgan fingerprint density at radius 2 is 2.02 bits per heavy atom. The molecular weight excluding hydrogens is 547 g/mol. The molecule has 1 saturated heterocycles. The second-order valence-corrected chi connectivity index (χ2v) is 11.0. The molecule has 4 aromatic rings. The smallest absolute Gasteiger partial charge is 0.230 e. The molecule has 1 aliphatic rings. The standard InChI is InChI=1S/C29H33FN6O4S/c1-39-23-13-20-22(14-24(23)40-12-4-9-36-10-7-18(16-37)8-11-36)33-17-34-28(20)35-29-32-15-25(41-29)26(27(31)38)19-5-2-3-6-21(19)30/h2-3,5-6,13-15,17-18,26,37H,4,7-12,16H2,1H3,(H2,31,38)(H,32,33,34,35). The van der Waals surface area contributed by atoms with Crippen LogP contribution < -0.4 is 20.5 Å². The number of primary amides is 1. The van der Waals surface area contributed by atoms with Crippen molar-refractivity contribution in [2.24, 2.45) is 11.7 Å². The fraction of sp³-hybridized carbons (Fsp3) is 0.379.